The lowest BCUT2D eigenvalue weighted by Crippen LogP contribution is -2.05. The first-order valence-corrected chi connectivity index (χ1v) is 4.70. The minimum Gasteiger partial charge on any atom is -0.347 e. The minimum absolute atomic E-state index is 0.147. The summed E-state index contributed by atoms with van der Waals surface area (Å²) in [5, 5.41) is 17.3. The summed E-state index contributed by atoms with van der Waals surface area (Å²) in [5.74, 6) is 0.887. The fourth-order valence-corrected chi connectivity index (χ4v) is 1.13. The quantitative estimate of drug-likeness (QED) is 0.591. The number of aromatic nitrogens is 5. The highest BCUT2D eigenvalue weighted by molar-refractivity contribution is 5.30. The molecule has 0 aromatic carbocycles. The fraction of sp³-hybridized carbons (Fsp3) is 0.250. The zero-order valence-electron chi connectivity index (χ0n) is 8.94. The molecule has 2 rings (SSSR count). The third-order valence-electron chi connectivity index (χ3n) is 1.90. The molecule has 0 atom stereocenters. The van der Waals surface area contributed by atoms with E-state index in [4.69, 9.17) is 0 Å². The topological polar surface area (TPSA) is 112 Å². The smallest absolute Gasteiger partial charge is 0.305 e. The second kappa shape index (κ2) is 4.51. The van der Waals surface area contributed by atoms with E-state index < -0.39 is 4.92 Å². The lowest BCUT2D eigenvalue weighted by molar-refractivity contribution is -0.385. The predicted molar refractivity (Wildman–Crippen MR) is 57.0 cm³/mol. The van der Waals surface area contributed by atoms with Crippen LogP contribution in [0.4, 0.5) is 11.6 Å². The second-order valence-electron chi connectivity index (χ2n) is 3.21. The van der Waals surface area contributed by atoms with E-state index in [1.54, 1.807) is 18.1 Å². The summed E-state index contributed by atoms with van der Waals surface area (Å²) in [7, 11) is 1.76. The van der Waals surface area contributed by atoms with Crippen LogP contribution in [0.3, 0.4) is 0 Å². The molecule has 0 radical (unpaired) electrons. The Bertz CT molecular complexity index is 521. The molecule has 2 aromatic rings. The maximum absolute atomic E-state index is 10.4. The largest absolute Gasteiger partial charge is 0.347 e. The van der Waals surface area contributed by atoms with Crippen molar-refractivity contribution in [3.63, 3.8) is 0 Å². The number of nitro groups is 1. The number of hydrogen-bond donors (Lipinski definition) is 1. The van der Waals surface area contributed by atoms with E-state index in [0.29, 0.717) is 18.3 Å². The summed E-state index contributed by atoms with van der Waals surface area (Å²) < 4.78 is 1.58. The Labute approximate surface area is 95.7 Å². The Morgan fingerprint density at radius 1 is 1.41 bits per heavy atom. The summed E-state index contributed by atoms with van der Waals surface area (Å²) in [6, 6.07) is 0. The monoisotopic (exact) mass is 235 g/mol. The molecule has 0 bridgehead atoms. The molecule has 0 aliphatic rings. The fourth-order valence-electron chi connectivity index (χ4n) is 1.13. The molecule has 0 unspecified atom stereocenters. The molecule has 9 heteroatoms. The maximum atomic E-state index is 10.4. The third kappa shape index (κ3) is 2.71. The molecule has 0 amide bonds. The summed E-state index contributed by atoms with van der Waals surface area (Å²) >= 11 is 0. The van der Waals surface area contributed by atoms with E-state index >= 15 is 0 Å². The van der Waals surface area contributed by atoms with Gasteiger partial charge in [0.05, 0.1) is 11.5 Å². The van der Waals surface area contributed by atoms with E-state index in [-0.39, 0.29) is 5.69 Å². The molecule has 1 N–H and O–H groups in total. The van der Waals surface area contributed by atoms with E-state index in [1.165, 1.54) is 0 Å². The number of nitrogens with one attached hydrogen (secondary N) is 1. The van der Waals surface area contributed by atoms with Gasteiger partial charge in [0, 0.05) is 7.05 Å². The van der Waals surface area contributed by atoms with Gasteiger partial charge in [-0.1, -0.05) is 0 Å². The minimum atomic E-state index is -0.552. The van der Waals surface area contributed by atoms with Crippen LogP contribution in [-0.4, -0.2) is 29.7 Å². The van der Waals surface area contributed by atoms with Crippen molar-refractivity contribution in [2.24, 2.45) is 7.05 Å². The summed E-state index contributed by atoms with van der Waals surface area (Å²) in [5.41, 5.74) is -0.147. The normalized spacial score (nSPS) is 10.2. The van der Waals surface area contributed by atoms with Crippen LogP contribution in [0.25, 0.3) is 0 Å². The molecular formula is C8H9N7O2. The van der Waals surface area contributed by atoms with Crippen molar-refractivity contribution in [3.8, 4) is 0 Å². The van der Waals surface area contributed by atoms with Crippen molar-refractivity contribution in [2.45, 2.75) is 6.54 Å². The Balaban J connectivity index is 1.97. The predicted octanol–water partition coefficient (Wildman–Crippen LogP) is 0.125. The van der Waals surface area contributed by atoms with Gasteiger partial charge in [-0.05, 0) is 0 Å². The number of hydrogen-bond acceptors (Lipinski definition) is 7. The van der Waals surface area contributed by atoms with Gasteiger partial charge in [-0.2, -0.15) is 5.10 Å². The molecule has 0 aliphatic heterocycles. The summed E-state index contributed by atoms with van der Waals surface area (Å²) in [6.45, 7) is 0.360. The number of aryl methyl sites for hydroxylation is 1. The molecule has 2 aromatic heterocycles. The SMILES string of the molecule is Cn1cnc(CNc2ncc([N+](=O)[O-])cn2)n1. The second-order valence-corrected chi connectivity index (χ2v) is 3.21. The van der Waals surface area contributed by atoms with Gasteiger partial charge in [0.25, 0.3) is 0 Å². The first-order chi connectivity index (χ1) is 8.15. The van der Waals surface area contributed by atoms with Crippen molar-refractivity contribution in [2.75, 3.05) is 5.32 Å². The average molecular weight is 235 g/mol. The van der Waals surface area contributed by atoms with Crippen molar-refractivity contribution in [1.29, 1.82) is 0 Å². The van der Waals surface area contributed by atoms with Gasteiger partial charge in [-0.25, -0.2) is 15.0 Å². The molecule has 88 valence electrons. The molecule has 9 nitrogen and oxygen atoms in total. The highest BCUT2D eigenvalue weighted by Crippen LogP contribution is 2.08. The van der Waals surface area contributed by atoms with Crippen LogP contribution in [0.1, 0.15) is 5.82 Å². The molecule has 2 heterocycles. The van der Waals surface area contributed by atoms with Gasteiger partial charge < -0.3 is 5.32 Å². The molecule has 0 saturated carbocycles. The number of anilines is 1. The average Bonchev–Trinajstić information content (AvgIpc) is 2.73. The Morgan fingerprint density at radius 3 is 2.65 bits per heavy atom. The summed E-state index contributed by atoms with van der Waals surface area (Å²) in [4.78, 5) is 21.4. The van der Waals surface area contributed by atoms with Crippen molar-refractivity contribution < 1.29 is 4.92 Å². The molecular weight excluding hydrogens is 226 g/mol. The number of nitrogens with zero attached hydrogens (tertiary/aromatic N) is 6. The zero-order valence-corrected chi connectivity index (χ0v) is 8.94. The van der Waals surface area contributed by atoms with E-state index in [1.807, 2.05) is 0 Å². The van der Waals surface area contributed by atoms with Crippen LogP contribution in [0.15, 0.2) is 18.7 Å². The van der Waals surface area contributed by atoms with E-state index in [9.17, 15) is 10.1 Å². The number of rotatable bonds is 4. The van der Waals surface area contributed by atoms with Gasteiger partial charge in [0.15, 0.2) is 5.82 Å². The maximum Gasteiger partial charge on any atom is 0.305 e. The third-order valence-corrected chi connectivity index (χ3v) is 1.90. The van der Waals surface area contributed by atoms with Crippen molar-refractivity contribution >= 4 is 11.6 Å². The standard InChI is InChI=1S/C8H9N7O2/c1-14-5-12-7(13-14)4-11-8-9-2-6(3-10-8)15(16)17/h2-3,5H,4H2,1H3,(H,9,10,11). The van der Waals surface area contributed by atoms with Crippen LogP contribution in [0.5, 0.6) is 0 Å². The first kappa shape index (κ1) is 10.9. The van der Waals surface area contributed by atoms with Gasteiger partial charge >= 0.3 is 5.69 Å². The van der Waals surface area contributed by atoms with E-state index in [0.717, 1.165) is 12.4 Å². The van der Waals surface area contributed by atoms with Crippen molar-refractivity contribution in [3.05, 3.63) is 34.7 Å². The molecule has 0 spiro atoms. The Morgan fingerprint density at radius 2 is 2.12 bits per heavy atom. The van der Waals surface area contributed by atoms with Crippen LogP contribution in [0.2, 0.25) is 0 Å². The van der Waals surface area contributed by atoms with Crippen LogP contribution in [0, 0.1) is 10.1 Å². The van der Waals surface area contributed by atoms with E-state index in [2.05, 4.69) is 25.4 Å². The Hall–Kier alpha value is -2.58. The highest BCUT2D eigenvalue weighted by atomic mass is 16.6. The van der Waals surface area contributed by atoms with Crippen LogP contribution >= 0.6 is 0 Å². The first-order valence-electron chi connectivity index (χ1n) is 4.70. The molecule has 0 fully saturated rings. The molecule has 17 heavy (non-hydrogen) atoms. The zero-order chi connectivity index (χ0) is 12.3. The van der Waals surface area contributed by atoms with Gasteiger partial charge in [-0.15, -0.1) is 0 Å². The lowest BCUT2D eigenvalue weighted by atomic mass is 10.5. The summed E-state index contributed by atoms with van der Waals surface area (Å²) in [6.07, 6.45) is 3.86. The highest BCUT2D eigenvalue weighted by Gasteiger charge is 2.06. The molecule has 0 saturated heterocycles. The molecule has 0 aliphatic carbocycles. The van der Waals surface area contributed by atoms with Gasteiger partial charge in [0.2, 0.25) is 5.95 Å². The van der Waals surface area contributed by atoms with Crippen LogP contribution < -0.4 is 5.32 Å². The van der Waals surface area contributed by atoms with Crippen molar-refractivity contribution in [1.82, 2.24) is 24.7 Å². The van der Waals surface area contributed by atoms with Gasteiger partial charge in [-0.3, -0.25) is 14.8 Å². The van der Waals surface area contributed by atoms with Gasteiger partial charge in [0.1, 0.15) is 18.7 Å². The lowest BCUT2D eigenvalue weighted by Gasteiger charge is -2.00. The Kier molecular flexibility index (Phi) is 2.90. The van der Waals surface area contributed by atoms with Crippen LogP contribution in [-0.2, 0) is 13.6 Å².